The summed E-state index contributed by atoms with van der Waals surface area (Å²) < 4.78 is 0. The summed E-state index contributed by atoms with van der Waals surface area (Å²) in [6, 6.07) is 7.72. The smallest absolute Gasteiger partial charge is 0.232 e. The molecule has 1 aliphatic rings. The summed E-state index contributed by atoms with van der Waals surface area (Å²) >= 11 is 0. The number of rotatable bonds is 4. The SMILES string of the molecule is CC(C)(C)CC(=O)NCCC1C(=O)Nc2ccccc21. The molecule has 0 aromatic heterocycles. The van der Waals surface area contributed by atoms with E-state index in [1.54, 1.807) is 0 Å². The summed E-state index contributed by atoms with van der Waals surface area (Å²) in [4.78, 5) is 23.7. The van der Waals surface area contributed by atoms with Crippen molar-refractivity contribution >= 4 is 17.5 Å². The quantitative estimate of drug-likeness (QED) is 0.886. The van der Waals surface area contributed by atoms with Gasteiger partial charge < -0.3 is 10.6 Å². The lowest BCUT2D eigenvalue weighted by Gasteiger charge is -2.17. The van der Waals surface area contributed by atoms with Crippen LogP contribution in [0, 0.1) is 5.41 Å². The number of nitrogens with one attached hydrogen (secondary N) is 2. The van der Waals surface area contributed by atoms with Crippen LogP contribution < -0.4 is 10.6 Å². The molecule has 4 nitrogen and oxygen atoms in total. The summed E-state index contributed by atoms with van der Waals surface area (Å²) in [6.07, 6.45) is 1.14. The zero-order chi connectivity index (χ0) is 14.8. The molecule has 1 unspecified atom stereocenters. The van der Waals surface area contributed by atoms with Gasteiger partial charge in [-0.25, -0.2) is 0 Å². The van der Waals surface area contributed by atoms with E-state index in [-0.39, 0.29) is 23.1 Å². The first-order chi connectivity index (χ1) is 9.37. The molecule has 2 rings (SSSR count). The number of carbonyl (C=O) groups excluding carboxylic acids is 2. The second kappa shape index (κ2) is 5.65. The minimum Gasteiger partial charge on any atom is -0.356 e. The average molecular weight is 274 g/mol. The van der Waals surface area contributed by atoms with Crippen LogP contribution in [-0.2, 0) is 9.59 Å². The molecular weight excluding hydrogens is 252 g/mol. The zero-order valence-corrected chi connectivity index (χ0v) is 12.3. The fourth-order valence-electron chi connectivity index (χ4n) is 2.46. The van der Waals surface area contributed by atoms with E-state index >= 15 is 0 Å². The van der Waals surface area contributed by atoms with Crippen LogP contribution in [0.25, 0.3) is 0 Å². The van der Waals surface area contributed by atoms with E-state index in [0.29, 0.717) is 19.4 Å². The number of carbonyl (C=O) groups is 2. The van der Waals surface area contributed by atoms with Crippen LogP contribution in [-0.4, -0.2) is 18.4 Å². The van der Waals surface area contributed by atoms with Crippen LogP contribution in [0.15, 0.2) is 24.3 Å². The topological polar surface area (TPSA) is 58.2 Å². The Morgan fingerprint density at radius 1 is 1.30 bits per heavy atom. The Bertz CT molecular complexity index is 517. The standard InChI is InChI=1S/C16H22N2O2/c1-16(2,3)10-14(19)17-9-8-12-11-6-4-5-7-13(11)18-15(12)20/h4-7,12H,8-10H2,1-3H3,(H,17,19)(H,18,20). The van der Waals surface area contributed by atoms with Crippen LogP contribution >= 0.6 is 0 Å². The van der Waals surface area contributed by atoms with Gasteiger partial charge in [-0.1, -0.05) is 39.0 Å². The molecule has 0 saturated carbocycles. The molecule has 2 amide bonds. The molecular formula is C16H22N2O2. The summed E-state index contributed by atoms with van der Waals surface area (Å²) in [5, 5.41) is 5.77. The minimum atomic E-state index is -0.152. The highest BCUT2D eigenvalue weighted by molar-refractivity contribution is 6.02. The largest absolute Gasteiger partial charge is 0.356 e. The maximum Gasteiger partial charge on any atom is 0.232 e. The molecule has 1 heterocycles. The summed E-state index contributed by atoms with van der Waals surface area (Å²) in [6.45, 7) is 6.63. The Kier molecular flexibility index (Phi) is 4.12. The molecule has 1 aliphatic heterocycles. The van der Waals surface area contributed by atoms with Gasteiger partial charge in [-0.05, 0) is 23.5 Å². The molecule has 108 valence electrons. The fraction of sp³-hybridized carbons (Fsp3) is 0.500. The second-order valence-corrected chi connectivity index (χ2v) is 6.51. The third kappa shape index (κ3) is 3.59. The third-order valence-electron chi connectivity index (χ3n) is 3.36. The van der Waals surface area contributed by atoms with Crippen molar-refractivity contribution in [1.29, 1.82) is 0 Å². The van der Waals surface area contributed by atoms with E-state index in [2.05, 4.69) is 10.6 Å². The van der Waals surface area contributed by atoms with Gasteiger partial charge in [0, 0.05) is 18.7 Å². The van der Waals surface area contributed by atoms with Crippen LogP contribution in [0.2, 0.25) is 0 Å². The van der Waals surface area contributed by atoms with Crippen LogP contribution in [0.4, 0.5) is 5.69 Å². The predicted octanol–water partition coefficient (Wildman–Crippen LogP) is 2.66. The van der Waals surface area contributed by atoms with Gasteiger partial charge in [-0.3, -0.25) is 9.59 Å². The number of amides is 2. The molecule has 0 fully saturated rings. The van der Waals surface area contributed by atoms with E-state index in [1.807, 2.05) is 45.0 Å². The van der Waals surface area contributed by atoms with Crippen molar-refractivity contribution in [3.8, 4) is 0 Å². The fourth-order valence-corrected chi connectivity index (χ4v) is 2.46. The van der Waals surface area contributed by atoms with Crippen LogP contribution in [0.1, 0.15) is 45.1 Å². The molecule has 0 aliphatic carbocycles. The second-order valence-electron chi connectivity index (χ2n) is 6.51. The highest BCUT2D eigenvalue weighted by Gasteiger charge is 2.29. The Morgan fingerprint density at radius 3 is 2.70 bits per heavy atom. The van der Waals surface area contributed by atoms with E-state index < -0.39 is 0 Å². The number of hydrogen-bond donors (Lipinski definition) is 2. The predicted molar refractivity (Wildman–Crippen MR) is 79.5 cm³/mol. The Morgan fingerprint density at radius 2 is 2.00 bits per heavy atom. The molecule has 0 bridgehead atoms. The first kappa shape index (κ1) is 14.6. The first-order valence-corrected chi connectivity index (χ1v) is 7.03. The lowest BCUT2D eigenvalue weighted by atomic mass is 9.92. The highest BCUT2D eigenvalue weighted by atomic mass is 16.2. The first-order valence-electron chi connectivity index (χ1n) is 7.03. The lowest BCUT2D eigenvalue weighted by molar-refractivity contribution is -0.123. The molecule has 1 aromatic carbocycles. The van der Waals surface area contributed by atoms with Crippen molar-refractivity contribution in [1.82, 2.24) is 5.32 Å². The number of para-hydroxylation sites is 1. The van der Waals surface area contributed by atoms with E-state index in [9.17, 15) is 9.59 Å². The Labute approximate surface area is 119 Å². The Balaban J connectivity index is 1.86. The molecule has 0 radical (unpaired) electrons. The molecule has 2 N–H and O–H groups in total. The van der Waals surface area contributed by atoms with Gasteiger partial charge in [0.2, 0.25) is 11.8 Å². The van der Waals surface area contributed by atoms with Gasteiger partial charge >= 0.3 is 0 Å². The lowest BCUT2D eigenvalue weighted by Crippen LogP contribution is -2.29. The van der Waals surface area contributed by atoms with Crippen molar-refractivity contribution in [2.45, 2.75) is 39.5 Å². The maximum atomic E-state index is 11.9. The van der Waals surface area contributed by atoms with Crippen molar-refractivity contribution < 1.29 is 9.59 Å². The van der Waals surface area contributed by atoms with E-state index in [1.165, 1.54) is 0 Å². The summed E-state index contributed by atoms with van der Waals surface area (Å²) in [5.74, 6) is -0.0819. The summed E-state index contributed by atoms with van der Waals surface area (Å²) in [5.41, 5.74) is 1.91. The van der Waals surface area contributed by atoms with Crippen LogP contribution in [0.5, 0.6) is 0 Å². The van der Waals surface area contributed by atoms with Crippen molar-refractivity contribution in [2.24, 2.45) is 5.41 Å². The molecule has 1 aromatic rings. The van der Waals surface area contributed by atoms with Gasteiger partial charge in [-0.15, -0.1) is 0 Å². The number of hydrogen-bond acceptors (Lipinski definition) is 2. The van der Waals surface area contributed by atoms with Crippen molar-refractivity contribution in [3.63, 3.8) is 0 Å². The third-order valence-corrected chi connectivity index (χ3v) is 3.36. The Hall–Kier alpha value is -1.84. The van der Waals surface area contributed by atoms with E-state index in [0.717, 1.165) is 11.3 Å². The zero-order valence-electron chi connectivity index (χ0n) is 12.3. The molecule has 0 spiro atoms. The van der Waals surface area contributed by atoms with E-state index in [4.69, 9.17) is 0 Å². The number of anilines is 1. The average Bonchev–Trinajstić information content (AvgIpc) is 2.64. The number of benzene rings is 1. The molecule has 20 heavy (non-hydrogen) atoms. The maximum absolute atomic E-state index is 11.9. The van der Waals surface area contributed by atoms with Gasteiger partial charge in [0.1, 0.15) is 0 Å². The highest BCUT2D eigenvalue weighted by Crippen LogP contribution is 2.33. The number of fused-ring (bicyclic) bond motifs is 1. The van der Waals surface area contributed by atoms with Gasteiger partial charge in [-0.2, -0.15) is 0 Å². The van der Waals surface area contributed by atoms with Crippen molar-refractivity contribution in [3.05, 3.63) is 29.8 Å². The minimum absolute atomic E-state index is 0.0125. The van der Waals surface area contributed by atoms with Gasteiger partial charge in [0.15, 0.2) is 0 Å². The normalized spacial score (nSPS) is 17.6. The summed E-state index contributed by atoms with van der Waals surface area (Å²) in [7, 11) is 0. The van der Waals surface area contributed by atoms with Gasteiger partial charge in [0.05, 0.1) is 5.92 Å². The van der Waals surface area contributed by atoms with Crippen LogP contribution in [0.3, 0.4) is 0 Å². The molecule has 4 heteroatoms. The molecule has 1 atom stereocenters. The monoisotopic (exact) mass is 274 g/mol. The van der Waals surface area contributed by atoms with Crippen molar-refractivity contribution in [2.75, 3.05) is 11.9 Å². The van der Waals surface area contributed by atoms with Gasteiger partial charge in [0.25, 0.3) is 0 Å². The molecule has 0 saturated heterocycles.